The molecule has 4 nitrogen and oxygen atoms in total. The summed E-state index contributed by atoms with van der Waals surface area (Å²) in [4.78, 5) is 15.6. The first-order valence-corrected chi connectivity index (χ1v) is 7.37. The molecule has 0 atom stereocenters. The number of halogens is 3. The van der Waals surface area contributed by atoms with Crippen LogP contribution in [0.1, 0.15) is 17.7 Å². The van der Waals surface area contributed by atoms with Crippen LogP contribution >= 0.6 is 11.3 Å². The van der Waals surface area contributed by atoms with Gasteiger partial charge in [0.1, 0.15) is 5.01 Å². The Morgan fingerprint density at radius 2 is 1.95 bits per heavy atom. The molecule has 0 aliphatic heterocycles. The van der Waals surface area contributed by atoms with Crippen LogP contribution in [0.3, 0.4) is 0 Å². The maximum atomic E-state index is 12.5. The van der Waals surface area contributed by atoms with Crippen molar-refractivity contribution in [3.8, 4) is 10.6 Å². The highest BCUT2D eigenvalue weighted by molar-refractivity contribution is 7.13. The SMILES string of the molecule is NCCC(=O)NCc1csc(-c2ccc(C(F)(F)F)cc2)n1. The third kappa shape index (κ3) is 4.28. The fourth-order valence-corrected chi connectivity index (χ4v) is 2.56. The van der Waals surface area contributed by atoms with Crippen molar-refractivity contribution in [1.29, 1.82) is 0 Å². The van der Waals surface area contributed by atoms with Gasteiger partial charge in [-0.25, -0.2) is 4.98 Å². The summed E-state index contributed by atoms with van der Waals surface area (Å²) in [6, 6.07) is 4.83. The standard InChI is InChI=1S/C14H14F3N3OS/c15-14(16,17)10-3-1-9(2-4-10)13-20-11(8-22-13)7-19-12(21)5-6-18/h1-4,8H,5-7,18H2,(H,19,21). The first kappa shape index (κ1) is 16.4. The van der Waals surface area contributed by atoms with Crippen molar-refractivity contribution in [3.63, 3.8) is 0 Å². The highest BCUT2D eigenvalue weighted by Crippen LogP contribution is 2.31. The molecule has 1 heterocycles. The summed E-state index contributed by atoms with van der Waals surface area (Å²) in [6.45, 7) is 0.551. The van der Waals surface area contributed by atoms with Gasteiger partial charge in [-0.05, 0) is 12.1 Å². The fourth-order valence-electron chi connectivity index (χ4n) is 1.73. The molecule has 1 aromatic heterocycles. The highest BCUT2D eigenvalue weighted by atomic mass is 32.1. The summed E-state index contributed by atoms with van der Waals surface area (Å²) in [7, 11) is 0. The molecule has 0 spiro atoms. The molecule has 0 aliphatic rings. The van der Waals surface area contributed by atoms with Crippen LogP contribution in [0.2, 0.25) is 0 Å². The Labute approximate surface area is 129 Å². The minimum absolute atomic E-state index is 0.161. The van der Waals surface area contributed by atoms with Crippen molar-refractivity contribution in [3.05, 3.63) is 40.9 Å². The van der Waals surface area contributed by atoms with Crippen molar-refractivity contribution in [2.45, 2.75) is 19.1 Å². The lowest BCUT2D eigenvalue weighted by Gasteiger charge is -2.06. The zero-order valence-corrected chi connectivity index (χ0v) is 12.3. The van der Waals surface area contributed by atoms with Crippen molar-refractivity contribution >= 4 is 17.2 Å². The molecule has 0 saturated carbocycles. The third-order valence-electron chi connectivity index (χ3n) is 2.85. The number of hydrogen-bond donors (Lipinski definition) is 2. The molecule has 8 heteroatoms. The molecule has 0 aliphatic carbocycles. The monoisotopic (exact) mass is 329 g/mol. The van der Waals surface area contributed by atoms with E-state index >= 15 is 0 Å². The van der Waals surface area contributed by atoms with Crippen LogP contribution in [0.25, 0.3) is 10.6 Å². The highest BCUT2D eigenvalue weighted by Gasteiger charge is 2.30. The second-order valence-electron chi connectivity index (χ2n) is 4.53. The van der Waals surface area contributed by atoms with Gasteiger partial charge in [-0.2, -0.15) is 13.2 Å². The molecule has 0 bridgehead atoms. The number of carbonyl (C=O) groups is 1. The van der Waals surface area contributed by atoms with Gasteiger partial charge in [-0.3, -0.25) is 4.79 Å². The predicted molar refractivity (Wildman–Crippen MR) is 78.1 cm³/mol. The number of aromatic nitrogens is 1. The van der Waals surface area contributed by atoms with Gasteiger partial charge in [0.2, 0.25) is 5.91 Å². The van der Waals surface area contributed by atoms with E-state index in [0.29, 0.717) is 16.3 Å². The Balaban J connectivity index is 2.03. The van der Waals surface area contributed by atoms with E-state index in [2.05, 4.69) is 10.3 Å². The zero-order chi connectivity index (χ0) is 16.2. The summed E-state index contributed by atoms with van der Waals surface area (Å²) >= 11 is 1.31. The normalized spacial score (nSPS) is 11.5. The summed E-state index contributed by atoms with van der Waals surface area (Å²) in [5.41, 5.74) is 5.84. The van der Waals surface area contributed by atoms with E-state index < -0.39 is 11.7 Å². The Morgan fingerprint density at radius 3 is 2.55 bits per heavy atom. The minimum Gasteiger partial charge on any atom is -0.350 e. The number of rotatable bonds is 5. The summed E-state index contributed by atoms with van der Waals surface area (Å²) < 4.78 is 37.5. The second-order valence-corrected chi connectivity index (χ2v) is 5.39. The number of nitrogens with zero attached hydrogens (tertiary/aromatic N) is 1. The minimum atomic E-state index is -4.35. The number of hydrogen-bond acceptors (Lipinski definition) is 4. The first-order valence-electron chi connectivity index (χ1n) is 6.49. The van der Waals surface area contributed by atoms with E-state index in [1.54, 1.807) is 5.38 Å². The quantitative estimate of drug-likeness (QED) is 0.886. The average molecular weight is 329 g/mol. The summed E-state index contributed by atoms with van der Waals surface area (Å²) in [5, 5.41) is 5.04. The van der Waals surface area contributed by atoms with Crippen molar-refractivity contribution in [2.75, 3.05) is 6.54 Å². The van der Waals surface area contributed by atoms with E-state index in [4.69, 9.17) is 5.73 Å². The largest absolute Gasteiger partial charge is 0.416 e. The predicted octanol–water partition coefficient (Wildman–Crippen LogP) is 2.79. The Bertz CT molecular complexity index is 638. The lowest BCUT2D eigenvalue weighted by molar-refractivity contribution is -0.137. The van der Waals surface area contributed by atoms with Crippen LogP contribution in [-0.4, -0.2) is 17.4 Å². The van der Waals surface area contributed by atoms with E-state index in [0.717, 1.165) is 12.1 Å². The van der Waals surface area contributed by atoms with E-state index in [-0.39, 0.29) is 25.4 Å². The molecule has 1 aromatic carbocycles. The van der Waals surface area contributed by atoms with Gasteiger partial charge in [-0.1, -0.05) is 12.1 Å². The number of nitrogens with two attached hydrogens (primary N) is 1. The number of thiazole rings is 1. The molecule has 2 aromatic rings. The number of carbonyl (C=O) groups excluding carboxylic acids is 1. The van der Waals surface area contributed by atoms with Crippen molar-refractivity contribution in [1.82, 2.24) is 10.3 Å². The number of nitrogens with one attached hydrogen (secondary N) is 1. The molecule has 3 N–H and O–H groups in total. The molecule has 0 fully saturated rings. The van der Waals surface area contributed by atoms with Gasteiger partial charge in [-0.15, -0.1) is 11.3 Å². The molecule has 1 amide bonds. The Morgan fingerprint density at radius 1 is 1.27 bits per heavy atom. The zero-order valence-electron chi connectivity index (χ0n) is 11.5. The summed E-state index contributed by atoms with van der Waals surface area (Å²) in [5.74, 6) is -0.161. The van der Waals surface area contributed by atoms with Crippen molar-refractivity contribution < 1.29 is 18.0 Å². The lowest BCUT2D eigenvalue weighted by Crippen LogP contribution is -2.25. The van der Waals surface area contributed by atoms with Crippen molar-refractivity contribution in [2.24, 2.45) is 5.73 Å². The van der Waals surface area contributed by atoms with Gasteiger partial charge in [0.25, 0.3) is 0 Å². The van der Waals surface area contributed by atoms with Gasteiger partial charge >= 0.3 is 6.18 Å². The number of amides is 1. The van der Waals surface area contributed by atoms with Crippen LogP contribution in [0, 0.1) is 0 Å². The van der Waals surface area contributed by atoms with Gasteiger partial charge < -0.3 is 11.1 Å². The Kier molecular flexibility index (Phi) is 5.15. The molecule has 118 valence electrons. The van der Waals surface area contributed by atoms with E-state index in [9.17, 15) is 18.0 Å². The van der Waals surface area contributed by atoms with Gasteiger partial charge in [0.05, 0.1) is 17.8 Å². The molecule has 0 radical (unpaired) electrons. The van der Waals surface area contributed by atoms with Crippen LogP contribution < -0.4 is 11.1 Å². The maximum Gasteiger partial charge on any atom is 0.416 e. The third-order valence-corrected chi connectivity index (χ3v) is 3.79. The number of alkyl halides is 3. The topological polar surface area (TPSA) is 68.0 Å². The maximum absolute atomic E-state index is 12.5. The van der Waals surface area contributed by atoms with E-state index in [1.807, 2.05) is 0 Å². The molecule has 2 rings (SSSR count). The van der Waals surface area contributed by atoms with Crippen LogP contribution in [-0.2, 0) is 17.5 Å². The molecule has 22 heavy (non-hydrogen) atoms. The average Bonchev–Trinajstić information content (AvgIpc) is 2.93. The van der Waals surface area contributed by atoms with Crippen LogP contribution in [0.4, 0.5) is 13.2 Å². The number of benzene rings is 1. The lowest BCUT2D eigenvalue weighted by atomic mass is 10.1. The van der Waals surface area contributed by atoms with Gasteiger partial charge in [0.15, 0.2) is 0 Å². The Hall–Kier alpha value is -1.93. The molecule has 0 unspecified atom stereocenters. The van der Waals surface area contributed by atoms with Crippen LogP contribution in [0.15, 0.2) is 29.6 Å². The molecular formula is C14H14F3N3OS. The van der Waals surface area contributed by atoms with Gasteiger partial charge in [0, 0.05) is 23.9 Å². The molecule has 0 saturated heterocycles. The smallest absolute Gasteiger partial charge is 0.350 e. The first-order chi connectivity index (χ1) is 10.4. The van der Waals surface area contributed by atoms with E-state index in [1.165, 1.54) is 23.5 Å². The second kappa shape index (κ2) is 6.89. The molecular weight excluding hydrogens is 315 g/mol. The fraction of sp³-hybridized carbons (Fsp3) is 0.286. The van der Waals surface area contributed by atoms with Crippen LogP contribution in [0.5, 0.6) is 0 Å². The summed E-state index contributed by atoms with van der Waals surface area (Å²) in [6.07, 6.45) is -4.10.